The molecule has 0 aliphatic carbocycles. The van der Waals surface area contributed by atoms with Crippen molar-refractivity contribution in [3.05, 3.63) is 36.5 Å². The molecule has 262 valence electrons. The molecule has 0 bridgehead atoms. The molecule has 1 unspecified atom stereocenters. The minimum absolute atomic E-state index is 0. The van der Waals surface area contributed by atoms with Gasteiger partial charge in [-0.15, -0.1) is 6.58 Å². The van der Waals surface area contributed by atoms with E-state index in [2.05, 4.69) is 32.1 Å². The lowest BCUT2D eigenvalue weighted by Crippen LogP contribution is -2.63. The van der Waals surface area contributed by atoms with Gasteiger partial charge in [-0.05, 0) is 43.8 Å². The van der Waals surface area contributed by atoms with Crippen molar-refractivity contribution in [3.63, 3.8) is 0 Å². The van der Waals surface area contributed by atoms with E-state index in [0.29, 0.717) is 30.6 Å². The van der Waals surface area contributed by atoms with E-state index in [1.807, 2.05) is 20.8 Å². The van der Waals surface area contributed by atoms with Crippen molar-refractivity contribution in [2.45, 2.75) is 138 Å². The first-order valence-electron chi connectivity index (χ1n) is 15.8. The number of carbonyl (C=O) groups excluding carboxylic acids is 4. The van der Waals surface area contributed by atoms with Crippen LogP contribution in [0.1, 0.15) is 120 Å². The third-order valence-electron chi connectivity index (χ3n) is 7.40. The topological polar surface area (TPSA) is 114 Å². The second-order valence-corrected chi connectivity index (χ2v) is 11.4. The second-order valence-electron chi connectivity index (χ2n) is 11.4. The van der Waals surface area contributed by atoms with Crippen LogP contribution in [0.15, 0.2) is 36.5 Å². The van der Waals surface area contributed by atoms with Gasteiger partial charge < -0.3 is 23.7 Å². The van der Waals surface area contributed by atoms with Crippen LogP contribution >= 0.6 is 0 Å². The fourth-order valence-corrected chi connectivity index (χ4v) is 4.70. The average molecular weight is 641 g/mol. The molecule has 9 heteroatoms. The molecule has 1 fully saturated rings. The summed E-state index contributed by atoms with van der Waals surface area (Å²) in [6.45, 7) is 17.0. The lowest BCUT2D eigenvalue weighted by Gasteiger charge is -2.53. The van der Waals surface area contributed by atoms with E-state index in [1.165, 1.54) is 52.7 Å². The second kappa shape index (κ2) is 26.4. The van der Waals surface area contributed by atoms with Crippen molar-refractivity contribution in [1.29, 1.82) is 0 Å². The molecule has 0 amide bonds. The molecule has 0 aromatic heterocycles. The predicted octanol–water partition coefficient (Wildman–Crippen LogP) is 8.11. The van der Waals surface area contributed by atoms with Crippen LogP contribution in [-0.4, -0.2) is 63.5 Å². The molecular formula is C36H64O9. The van der Waals surface area contributed by atoms with Crippen LogP contribution in [0.5, 0.6) is 0 Å². The Morgan fingerprint density at radius 3 is 2.11 bits per heavy atom. The number of aldehydes is 1. The van der Waals surface area contributed by atoms with E-state index < -0.39 is 29.2 Å². The molecule has 0 aromatic carbocycles. The van der Waals surface area contributed by atoms with E-state index in [4.69, 9.17) is 18.9 Å². The Hall–Kier alpha value is -2.78. The van der Waals surface area contributed by atoms with Gasteiger partial charge in [0, 0.05) is 31.4 Å². The summed E-state index contributed by atoms with van der Waals surface area (Å²) < 4.78 is 27.5. The lowest BCUT2D eigenvalue weighted by molar-refractivity contribution is -0.337. The minimum atomic E-state index is -1.44. The third kappa shape index (κ3) is 17.5. The maximum absolute atomic E-state index is 12.3. The molecule has 0 saturated carbocycles. The number of rotatable bonds is 16. The first kappa shape index (κ1) is 46.6. The van der Waals surface area contributed by atoms with Gasteiger partial charge >= 0.3 is 17.9 Å². The molecule has 1 heterocycles. The van der Waals surface area contributed by atoms with Crippen molar-refractivity contribution in [1.82, 2.24) is 0 Å². The smallest absolute Gasteiger partial charge is 0.330 e. The van der Waals surface area contributed by atoms with Crippen molar-refractivity contribution in [3.8, 4) is 0 Å². The molecule has 4 atom stereocenters. The number of ether oxygens (including phenoxy) is 5. The Kier molecular flexibility index (Phi) is 27.4. The number of carbonyl (C=O) groups is 4. The van der Waals surface area contributed by atoms with E-state index in [0.717, 1.165) is 25.7 Å². The van der Waals surface area contributed by atoms with Crippen molar-refractivity contribution >= 4 is 24.2 Å². The number of esters is 3. The van der Waals surface area contributed by atoms with Crippen LogP contribution in [0.2, 0.25) is 0 Å². The van der Waals surface area contributed by atoms with Crippen molar-refractivity contribution in [2.75, 3.05) is 21.3 Å². The van der Waals surface area contributed by atoms with E-state index >= 15 is 0 Å². The van der Waals surface area contributed by atoms with E-state index in [1.54, 1.807) is 19.1 Å². The maximum Gasteiger partial charge on any atom is 0.330 e. The fourth-order valence-electron chi connectivity index (χ4n) is 4.70. The number of allylic oxidation sites excluding steroid dienone is 2. The van der Waals surface area contributed by atoms with Gasteiger partial charge in [-0.3, -0.25) is 14.4 Å². The average Bonchev–Trinajstić information content (AvgIpc) is 3.01. The largest absolute Gasteiger partial charge is 0.469 e. The van der Waals surface area contributed by atoms with Gasteiger partial charge in [0.25, 0.3) is 0 Å². The molecule has 1 saturated heterocycles. The molecule has 0 aromatic rings. The molecule has 45 heavy (non-hydrogen) atoms. The number of hydrogen-bond acceptors (Lipinski definition) is 9. The van der Waals surface area contributed by atoms with Gasteiger partial charge in [0.1, 0.15) is 6.29 Å². The van der Waals surface area contributed by atoms with Crippen molar-refractivity contribution < 1.29 is 42.9 Å². The van der Waals surface area contributed by atoms with E-state index in [-0.39, 0.29) is 25.9 Å². The maximum atomic E-state index is 12.3. The van der Waals surface area contributed by atoms with Gasteiger partial charge in [0.2, 0.25) is 5.79 Å². The van der Waals surface area contributed by atoms with Crippen LogP contribution < -0.4 is 0 Å². The summed E-state index contributed by atoms with van der Waals surface area (Å²) in [7, 11) is 4.21. The molecule has 9 nitrogen and oxygen atoms in total. The molecule has 1 aliphatic heterocycles. The van der Waals surface area contributed by atoms with Crippen LogP contribution in [0, 0.1) is 11.3 Å². The number of unbranched alkanes of at least 4 members (excludes halogenated alkanes) is 4. The highest BCUT2D eigenvalue weighted by Gasteiger charge is 2.58. The third-order valence-corrected chi connectivity index (χ3v) is 7.40. The molecule has 1 aliphatic rings. The highest BCUT2D eigenvalue weighted by Crippen LogP contribution is 2.48. The van der Waals surface area contributed by atoms with Gasteiger partial charge in [-0.1, -0.05) is 93.2 Å². The first-order valence-corrected chi connectivity index (χ1v) is 15.8. The summed E-state index contributed by atoms with van der Waals surface area (Å²) in [6.07, 6.45) is 14.3. The standard InChI is InChI=1S/C23H36O7.C9H18O2.C3H6.CH4/c1-8-16(3)13-18-14-17(15-20(26)27-6)21(29-19(25)9-2)23(28-7,30-18)22(4,5)11-10-12-24;1-3-4-5-6-7-8-9(10)11-2;1-3-2;/h10-12,15-16,18,21H,8-9,13-14H2,1-7H3;3-8H2,1-2H3;3H,1H2,2H3;1H4/b11-10+,17-15+;;;/t16?,18-,21+,23-;;;/m1.../s1. The quantitative estimate of drug-likeness (QED) is 0.0412. The van der Waals surface area contributed by atoms with Gasteiger partial charge in [0.05, 0.1) is 20.3 Å². The van der Waals surface area contributed by atoms with Crippen LogP contribution in [0.4, 0.5) is 0 Å². The predicted molar refractivity (Wildman–Crippen MR) is 181 cm³/mol. The number of hydrogen-bond donors (Lipinski definition) is 0. The number of methoxy groups -OCH3 is 3. The van der Waals surface area contributed by atoms with Crippen LogP contribution in [0.25, 0.3) is 0 Å². The Balaban J connectivity index is -0.000000984. The van der Waals surface area contributed by atoms with Gasteiger partial charge in [-0.2, -0.15) is 0 Å². The Morgan fingerprint density at radius 1 is 1.04 bits per heavy atom. The molecule has 1 rings (SSSR count). The zero-order valence-corrected chi connectivity index (χ0v) is 29.1. The Bertz CT molecular complexity index is 906. The highest BCUT2D eigenvalue weighted by molar-refractivity contribution is 5.83. The zero-order valence-electron chi connectivity index (χ0n) is 29.1. The Morgan fingerprint density at radius 2 is 1.64 bits per heavy atom. The zero-order chi connectivity index (χ0) is 34.2. The van der Waals surface area contributed by atoms with Crippen LogP contribution in [-0.2, 0) is 42.9 Å². The molecule has 0 radical (unpaired) electrons. The fraction of sp³-hybridized carbons (Fsp3) is 0.722. The molecular weight excluding hydrogens is 576 g/mol. The summed E-state index contributed by atoms with van der Waals surface area (Å²) in [5.41, 5.74) is -0.303. The highest BCUT2D eigenvalue weighted by atomic mass is 16.7. The first-order chi connectivity index (χ1) is 20.8. The summed E-state index contributed by atoms with van der Waals surface area (Å²) >= 11 is 0. The van der Waals surface area contributed by atoms with E-state index in [9.17, 15) is 19.2 Å². The minimum Gasteiger partial charge on any atom is -0.469 e. The van der Waals surface area contributed by atoms with Gasteiger partial charge in [-0.25, -0.2) is 4.79 Å². The summed E-state index contributed by atoms with van der Waals surface area (Å²) in [5, 5.41) is 0. The summed E-state index contributed by atoms with van der Waals surface area (Å²) in [6, 6.07) is 0. The monoisotopic (exact) mass is 640 g/mol. The summed E-state index contributed by atoms with van der Waals surface area (Å²) in [4.78, 5) is 46.0. The Labute approximate surface area is 274 Å². The summed E-state index contributed by atoms with van der Waals surface area (Å²) in [5.74, 6) is -2.13. The van der Waals surface area contributed by atoms with Crippen molar-refractivity contribution in [2.24, 2.45) is 11.3 Å². The SMILES string of the molecule is C.C=CC.CCC(=O)O[C@H]1/C(=C/C(=O)OC)C[C@@H](CC(C)CC)O[C@@]1(OC)C(C)(C)/C=C/C=O.CCCCCCCC(=O)OC. The lowest BCUT2D eigenvalue weighted by atomic mass is 9.74. The van der Waals surface area contributed by atoms with Gasteiger partial charge in [0.15, 0.2) is 6.10 Å². The molecule has 0 spiro atoms. The normalized spacial score (nSPS) is 20.7. The van der Waals surface area contributed by atoms with Crippen LogP contribution in [0.3, 0.4) is 0 Å². The molecule has 0 N–H and O–H groups in total.